The van der Waals surface area contributed by atoms with Crippen molar-refractivity contribution in [2.45, 2.75) is 25.7 Å². The average Bonchev–Trinajstić information content (AvgIpc) is 2.54. The van der Waals surface area contributed by atoms with Crippen LogP contribution in [0.1, 0.15) is 25.7 Å². The number of carbonyl (C=O) groups excluding carboxylic acids is 1. The summed E-state index contributed by atoms with van der Waals surface area (Å²) < 4.78 is 0. The Hall–Kier alpha value is -0.0400. The molecule has 0 heterocycles. The van der Waals surface area contributed by atoms with E-state index in [0.717, 1.165) is 18.8 Å². The van der Waals surface area contributed by atoms with E-state index in [9.17, 15) is 4.79 Å². The van der Waals surface area contributed by atoms with Crippen LogP contribution in [0.4, 0.5) is 0 Å². The van der Waals surface area contributed by atoms with Gasteiger partial charge in [-0.3, -0.25) is 4.79 Å². The summed E-state index contributed by atoms with van der Waals surface area (Å²) in [6.07, 6.45) is 4.76. The molecule has 0 saturated heterocycles. The van der Waals surface area contributed by atoms with Crippen molar-refractivity contribution in [2.75, 3.05) is 5.88 Å². The lowest BCUT2D eigenvalue weighted by Gasteiger charge is -2.05. The van der Waals surface area contributed by atoms with Gasteiger partial charge in [0.15, 0.2) is 5.78 Å². The number of Topliss-reactive ketones (excluding diaryl/α,β-unsaturated/α-hetero) is 1. The van der Waals surface area contributed by atoms with Crippen LogP contribution in [0.15, 0.2) is 0 Å². The van der Waals surface area contributed by atoms with Crippen molar-refractivity contribution in [2.24, 2.45) is 11.3 Å². The van der Waals surface area contributed by atoms with E-state index >= 15 is 0 Å². The maximum Gasteiger partial charge on any atom is 0.154 e. The molecule has 0 spiro atoms. The van der Waals surface area contributed by atoms with Gasteiger partial charge in [0.1, 0.15) is 0 Å². The summed E-state index contributed by atoms with van der Waals surface area (Å²) in [4.78, 5) is 11.2. The maximum absolute atomic E-state index is 11.2. The van der Waals surface area contributed by atoms with Gasteiger partial charge in [0, 0.05) is 5.41 Å². The van der Waals surface area contributed by atoms with E-state index < -0.39 is 0 Å². The van der Waals surface area contributed by atoms with Crippen LogP contribution >= 0.6 is 11.6 Å². The summed E-state index contributed by atoms with van der Waals surface area (Å²) >= 11 is 5.50. The van der Waals surface area contributed by atoms with Gasteiger partial charge in [0.2, 0.25) is 0 Å². The second-order valence-corrected chi connectivity index (χ2v) is 3.77. The van der Waals surface area contributed by atoms with Gasteiger partial charge in [-0.25, -0.2) is 0 Å². The molecule has 56 valence electrons. The number of carbonyl (C=O) groups is 1. The van der Waals surface area contributed by atoms with Gasteiger partial charge in [-0.05, 0) is 25.2 Å². The summed E-state index contributed by atoms with van der Waals surface area (Å²) in [6.45, 7) is 0. The monoisotopic (exact) mass is 158 g/mol. The number of alkyl halides is 1. The van der Waals surface area contributed by atoms with Crippen molar-refractivity contribution in [3.63, 3.8) is 0 Å². The Labute approximate surface area is 65.7 Å². The average molecular weight is 159 g/mol. The van der Waals surface area contributed by atoms with Crippen LogP contribution in [0, 0.1) is 11.3 Å². The number of ketones is 1. The first kappa shape index (κ1) is 6.66. The molecule has 2 aliphatic rings. The SMILES string of the molecule is O=C(CCl)C12CCCC1C2. The summed E-state index contributed by atoms with van der Waals surface area (Å²) in [5.74, 6) is 1.26. The Morgan fingerprint density at radius 2 is 2.50 bits per heavy atom. The minimum Gasteiger partial charge on any atom is -0.298 e. The highest BCUT2D eigenvalue weighted by Gasteiger charge is 2.60. The minimum atomic E-state index is 0.0990. The molecule has 0 radical (unpaired) electrons. The van der Waals surface area contributed by atoms with Gasteiger partial charge in [-0.2, -0.15) is 0 Å². The van der Waals surface area contributed by atoms with Gasteiger partial charge >= 0.3 is 0 Å². The molecule has 2 fully saturated rings. The standard InChI is InChI=1S/C8H11ClO/c9-5-7(10)8-3-1-2-6(8)4-8/h6H,1-5H2. The van der Waals surface area contributed by atoms with Crippen LogP contribution in [0.3, 0.4) is 0 Å². The van der Waals surface area contributed by atoms with E-state index in [1.165, 1.54) is 12.8 Å². The molecule has 2 rings (SSSR count). The fraction of sp³-hybridized carbons (Fsp3) is 0.875. The fourth-order valence-electron chi connectivity index (χ4n) is 2.34. The molecule has 2 saturated carbocycles. The zero-order valence-corrected chi connectivity index (χ0v) is 6.66. The van der Waals surface area contributed by atoms with Crippen molar-refractivity contribution in [3.8, 4) is 0 Å². The zero-order valence-electron chi connectivity index (χ0n) is 5.90. The molecule has 2 atom stereocenters. The second-order valence-electron chi connectivity index (χ2n) is 3.51. The smallest absolute Gasteiger partial charge is 0.154 e. The van der Waals surface area contributed by atoms with E-state index in [1.807, 2.05) is 0 Å². The molecule has 1 nitrogen and oxygen atoms in total. The molecule has 0 aromatic heterocycles. The molecular formula is C8H11ClO. The van der Waals surface area contributed by atoms with Gasteiger partial charge in [0.05, 0.1) is 5.88 Å². The molecule has 2 heteroatoms. The van der Waals surface area contributed by atoms with E-state index in [4.69, 9.17) is 11.6 Å². The van der Waals surface area contributed by atoms with E-state index in [2.05, 4.69) is 0 Å². The predicted octanol–water partition coefficient (Wildman–Crippen LogP) is 1.98. The predicted molar refractivity (Wildman–Crippen MR) is 40.1 cm³/mol. The van der Waals surface area contributed by atoms with Crippen molar-refractivity contribution in [1.82, 2.24) is 0 Å². The lowest BCUT2D eigenvalue weighted by molar-refractivity contribution is -0.121. The Morgan fingerprint density at radius 3 is 2.90 bits per heavy atom. The van der Waals surface area contributed by atoms with Gasteiger partial charge in [-0.15, -0.1) is 11.6 Å². The normalized spacial score (nSPS) is 43.1. The maximum atomic E-state index is 11.2. The number of fused-ring (bicyclic) bond motifs is 1. The van der Waals surface area contributed by atoms with Gasteiger partial charge in [-0.1, -0.05) is 6.42 Å². The zero-order chi connectivity index (χ0) is 7.19. The molecule has 2 aliphatic carbocycles. The first-order chi connectivity index (χ1) is 4.79. The highest BCUT2D eigenvalue weighted by molar-refractivity contribution is 6.28. The van der Waals surface area contributed by atoms with E-state index in [0.29, 0.717) is 5.78 Å². The van der Waals surface area contributed by atoms with Crippen molar-refractivity contribution in [3.05, 3.63) is 0 Å². The summed E-state index contributed by atoms with van der Waals surface area (Å²) in [5, 5.41) is 0. The van der Waals surface area contributed by atoms with Crippen molar-refractivity contribution < 1.29 is 4.79 Å². The van der Waals surface area contributed by atoms with Gasteiger partial charge < -0.3 is 0 Å². The molecule has 0 bridgehead atoms. The molecule has 0 amide bonds. The molecule has 0 aromatic rings. The first-order valence-corrected chi connectivity index (χ1v) is 4.42. The van der Waals surface area contributed by atoms with Crippen LogP contribution in [-0.2, 0) is 4.79 Å². The molecule has 0 aromatic carbocycles. The van der Waals surface area contributed by atoms with Crippen molar-refractivity contribution >= 4 is 17.4 Å². The second kappa shape index (κ2) is 1.97. The van der Waals surface area contributed by atoms with Crippen LogP contribution in [0.2, 0.25) is 0 Å². The lowest BCUT2D eigenvalue weighted by atomic mass is 9.99. The summed E-state index contributed by atoms with van der Waals surface area (Å²) in [6, 6.07) is 0. The fourth-order valence-corrected chi connectivity index (χ4v) is 2.61. The summed E-state index contributed by atoms with van der Waals surface area (Å²) in [5.41, 5.74) is 0.0990. The first-order valence-electron chi connectivity index (χ1n) is 3.89. The molecule has 10 heavy (non-hydrogen) atoms. The number of hydrogen-bond acceptors (Lipinski definition) is 1. The Morgan fingerprint density at radius 1 is 1.70 bits per heavy atom. The third kappa shape index (κ3) is 0.672. The topological polar surface area (TPSA) is 17.1 Å². The highest BCUT2D eigenvalue weighted by Crippen LogP contribution is 2.64. The van der Waals surface area contributed by atoms with Crippen molar-refractivity contribution in [1.29, 1.82) is 0 Å². The van der Waals surface area contributed by atoms with Crippen LogP contribution < -0.4 is 0 Å². The molecular weight excluding hydrogens is 148 g/mol. The van der Waals surface area contributed by atoms with Crippen LogP contribution in [0.25, 0.3) is 0 Å². The minimum absolute atomic E-state index is 0.0990. The van der Waals surface area contributed by atoms with Crippen LogP contribution in [0.5, 0.6) is 0 Å². The Kier molecular flexibility index (Phi) is 1.31. The number of hydrogen-bond donors (Lipinski definition) is 0. The highest BCUT2D eigenvalue weighted by atomic mass is 35.5. The number of rotatable bonds is 2. The quantitative estimate of drug-likeness (QED) is 0.562. The van der Waals surface area contributed by atoms with Gasteiger partial charge in [0.25, 0.3) is 0 Å². The summed E-state index contributed by atoms with van der Waals surface area (Å²) in [7, 11) is 0. The number of halogens is 1. The molecule has 2 unspecified atom stereocenters. The Balaban J connectivity index is 2.11. The molecule has 0 aliphatic heterocycles. The molecule has 0 N–H and O–H groups in total. The Bertz CT molecular complexity index is 178. The third-order valence-electron chi connectivity index (χ3n) is 3.08. The van der Waals surface area contributed by atoms with E-state index in [-0.39, 0.29) is 11.3 Å². The third-order valence-corrected chi connectivity index (χ3v) is 3.33. The largest absolute Gasteiger partial charge is 0.298 e. The van der Waals surface area contributed by atoms with Crippen LogP contribution in [-0.4, -0.2) is 11.7 Å². The van der Waals surface area contributed by atoms with E-state index in [1.54, 1.807) is 0 Å². The lowest BCUT2D eigenvalue weighted by Crippen LogP contribution is -2.16.